The molecule has 0 unspecified atom stereocenters. The van der Waals surface area contributed by atoms with Crippen LogP contribution in [0.25, 0.3) is 10.9 Å². The summed E-state index contributed by atoms with van der Waals surface area (Å²) < 4.78 is 29.5. The van der Waals surface area contributed by atoms with Gasteiger partial charge in [0, 0.05) is 23.5 Å². The normalized spacial score (nSPS) is 13.2. The van der Waals surface area contributed by atoms with E-state index in [0.29, 0.717) is 0 Å². The highest BCUT2D eigenvalue weighted by molar-refractivity contribution is 6.30. The fraction of sp³-hybridized carbons (Fsp3) is 0.273. The minimum absolute atomic E-state index is 0.0173. The molecule has 1 saturated carbocycles. The largest absolute Gasteiger partial charge is 0.364 e. The fourth-order valence-electron chi connectivity index (χ4n) is 3.61. The molecule has 0 atom stereocenters. The standard InChI is InChI=1S/C22H20ClF2N5O3/c23-15-5-1-3-12(19(15)25)9-27-17(31)10-29(13-7-8-13)18(32)11-30-21-14(4-2-6-16(21)24)20(28-30)22(26)33/h1-6,13H,7-11H2,(H2,26,33)(H,27,31). The predicted molar refractivity (Wildman–Crippen MR) is 116 cm³/mol. The van der Waals surface area contributed by atoms with E-state index in [-0.39, 0.29) is 52.9 Å². The van der Waals surface area contributed by atoms with E-state index in [0.717, 1.165) is 17.5 Å². The molecule has 3 aromatic rings. The van der Waals surface area contributed by atoms with E-state index in [1.165, 1.54) is 35.2 Å². The summed E-state index contributed by atoms with van der Waals surface area (Å²) in [5.74, 6) is -3.07. The Balaban J connectivity index is 1.48. The number of rotatable bonds is 8. The minimum Gasteiger partial charge on any atom is -0.364 e. The number of primary amides is 1. The maximum Gasteiger partial charge on any atom is 0.269 e. The van der Waals surface area contributed by atoms with Gasteiger partial charge in [0.15, 0.2) is 5.69 Å². The zero-order valence-electron chi connectivity index (χ0n) is 17.4. The first kappa shape index (κ1) is 22.7. The number of nitrogens with one attached hydrogen (secondary N) is 1. The number of amides is 3. The third-order valence-electron chi connectivity index (χ3n) is 5.37. The summed E-state index contributed by atoms with van der Waals surface area (Å²) in [4.78, 5) is 38.5. The van der Waals surface area contributed by atoms with Crippen LogP contribution in [0.5, 0.6) is 0 Å². The molecule has 172 valence electrons. The van der Waals surface area contributed by atoms with Crippen LogP contribution in [0.15, 0.2) is 36.4 Å². The van der Waals surface area contributed by atoms with Crippen molar-refractivity contribution in [3.05, 3.63) is 64.3 Å². The number of hydrogen-bond acceptors (Lipinski definition) is 4. The van der Waals surface area contributed by atoms with Crippen molar-refractivity contribution in [3.63, 3.8) is 0 Å². The van der Waals surface area contributed by atoms with Crippen molar-refractivity contribution in [2.24, 2.45) is 5.73 Å². The van der Waals surface area contributed by atoms with Crippen molar-refractivity contribution < 1.29 is 23.2 Å². The van der Waals surface area contributed by atoms with Crippen LogP contribution in [0.4, 0.5) is 8.78 Å². The van der Waals surface area contributed by atoms with E-state index < -0.39 is 29.4 Å². The molecule has 11 heteroatoms. The Kier molecular flexibility index (Phi) is 6.28. The lowest BCUT2D eigenvalue weighted by atomic mass is 10.2. The second kappa shape index (κ2) is 9.14. The molecular weight excluding hydrogens is 456 g/mol. The first-order valence-corrected chi connectivity index (χ1v) is 10.6. The average molecular weight is 476 g/mol. The molecular formula is C22H20ClF2N5O3. The molecule has 0 radical (unpaired) electrons. The van der Waals surface area contributed by atoms with Gasteiger partial charge in [0.1, 0.15) is 23.7 Å². The van der Waals surface area contributed by atoms with E-state index in [1.54, 1.807) is 6.07 Å². The van der Waals surface area contributed by atoms with Gasteiger partial charge in [-0.05, 0) is 25.0 Å². The number of hydrogen-bond donors (Lipinski definition) is 2. The molecule has 1 aromatic heterocycles. The van der Waals surface area contributed by atoms with Gasteiger partial charge >= 0.3 is 0 Å². The van der Waals surface area contributed by atoms with Crippen LogP contribution >= 0.6 is 11.6 Å². The second-order valence-electron chi connectivity index (χ2n) is 7.75. The number of benzene rings is 2. The van der Waals surface area contributed by atoms with Crippen molar-refractivity contribution in [3.8, 4) is 0 Å². The maximum absolute atomic E-state index is 14.4. The summed E-state index contributed by atoms with van der Waals surface area (Å²) in [6.45, 7) is -0.720. The molecule has 3 amide bonds. The molecule has 0 bridgehead atoms. The number of nitrogens with zero attached hydrogens (tertiary/aromatic N) is 3. The van der Waals surface area contributed by atoms with Gasteiger partial charge in [-0.25, -0.2) is 8.78 Å². The van der Waals surface area contributed by atoms with Crippen molar-refractivity contribution in [2.45, 2.75) is 32.0 Å². The lowest BCUT2D eigenvalue weighted by molar-refractivity contribution is -0.137. The number of halogens is 3. The molecule has 2 aromatic carbocycles. The molecule has 1 aliphatic carbocycles. The molecule has 1 heterocycles. The third kappa shape index (κ3) is 4.80. The van der Waals surface area contributed by atoms with Crippen LogP contribution in [0.1, 0.15) is 28.9 Å². The molecule has 4 rings (SSSR count). The Bertz CT molecular complexity index is 1260. The smallest absolute Gasteiger partial charge is 0.269 e. The van der Waals surface area contributed by atoms with Gasteiger partial charge in [-0.3, -0.25) is 19.1 Å². The summed E-state index contributed by atoms with van der Waals surface area (Å²) in [6, 6.07) is 8.45. The molecule has 1 fully saturated rings. The maximum atomic E-state index is 14.4. The Morgan fingerprint density at radius 1 is 1.18 bits per heavy atom. The fourth-order valence-corrected chi connectivity index (χ4v) is 3.80. The Hall–Kier alpha value is -3.53. The van der Waals surface area contributed by atoms with Crippen LogP contribution in [0.3, 0.4) is 0 Å². The van der Waals surface area contributed by atoms with E-state index >= 15 is 0 Å². The zero-order chi connectivity index (χ0) is 23.7. The van der Waals surface area contributed by atoms with Crippen molar-refractivity contribution >= 4 is 40.2 Å². The molecule has 0 spiro atoms. The van der Waals surface area contributed by atoms with Crippen molar-refractivity contribution in [2.75, 3.05) is 6.54 Å². The first-order chi connectivity index (χ1) is 15.8. The van der Waals surface area contributed by atoms with Gasteiger partial charge in [0.05, 0.1) is 11.6 Å². The van der Waals surface area contributed by atoms with Gasteiger partial charge in [0.25, 0.3) is 5.91 Å². The van der Waals surface area contributed by atoms with Gasteiger partial charge in [-0.2, -0.15) is 5.10 Å². The second-order valence-corrected chi connectivity index (χ2v) is 8.16. The summed E-state index contributed by atoms with van der Waals surface area (Å²) in [5, 5.41) is 6.76. The SMILES string of the molecule is NC(=O)c1nn(CC(=O)N(CC(=O)NCc2cccc(Cl)c2F)C2CC2)c2c(F)cccc12. The van der Waals surface area contributed by atoms with Gasteiger partial charge in [-0.15, -0.1) is 0 Å². The van der Waals surface area contributed by atoms with Crippen LogP contribution in [0.2, 0.25) is 5.02 Å². The highest BCUT2D eigenvalue weighted by Crippen LogP contribution is 2.28. The van der Waals surface area contributed by atoms with Gasteiger partial charge < -0.3 is 16.0 Å². The topological polar surface area (TPSA) is 110 Å². The van der Waals surface area contributed by atoms with E-state index in [4.69, 9.17) is 17.3 Å². The van der Waals surface area contributed by atoms with Gasteiger partial charge in [-0.1, -0.05) is 35.9 Å². The Morgan fingerprint density at radius 3 is 2.61 bits per heavy atom. The first-order valence-electron chi connectivity index (χ1n) is 10.2. The summed E-state index contributed by atoms with van der Waals surface area (Å²) in [6.07, 6.45) is 1.45. The predicted octanol–water partition coefficient (Wildman–Crippen LogP) is 2.37. The number of aromatic nitrogens is 2. The molecule has 8 nitrogen and oxygen atoms in total. The van der Waals surface area contributed by atoms with Crippen molar-refractivity contribution in [1.29, 1.82) is 0 Å². The highest BCUT2D eigenvalue weighted by Gasteiger charge is 2.34. The van der Waals surface area contributed by atoms with Gasteiger partial charge in [0.2, 0.25) is 11.8 Å². The minimum atomic E-state index is -0.844. The van der Waals surface area contributed by atoms with Crippen LogP contribution in [-0.2, 0) is 22.7 Å². The van der Waals surface area contributed by atoms with E-state index in [1.807, 2.05) is 0 Å². The molecule has 0 aliphatic heterocycles. The van der Waals surface area contributed by atoms with Crippen LogP contribution in [-0.4, -0.2) is 45.0 Å². The average Bonchev–Trinajstić information content (AvgIpc) is 3.54. The highest BCUT2D eigenvalue weighted by atomic mass is 35.5. The van der Waals surface area contributed by atoms with Crippen LogP contribution < -0.4 is 11.1 Å². The lowest BCUT2D eigenvalue weighted by Crippen LogP contribution is -2.43. The van der Waals surface area contributed by atoms with E-state index in [9.17, 15) is 23.2 Å². The monoisotopic (exact) mass is 475 g/mol. The summed E-state index contributed by atoms with van der Waals surface area (Å²) in [7, 11) is 0. The quantitative estimate of drug-likeness (QED) is 0.521. The third-order valence-corrected chi connectivity index (χ3v) is 5.66. The number of fused-ring (bicyclic) bond motifs is 1. The Morgan fingerprint density at radius 2 is 1.91 bits per heavy atom. The molecule has 1 aliphatic rings. The van der Waals surface area contributed by atoms with Crippen LogP contribution in [0, 0.1) is 11.6 Å². The summed E-state index contributed by atoms with van der Waals surface area (Å²) in [5.41, 5.74) is 5.40. The lowest BCUT2D eigenvalue weighted by Gasteiger charge is -2.22. The molecule has 3 N–H and O–H groups in total. The number of para-hydroxylation sites is 1. The number of carbonyl (C=O) groups excluding carboxylic acids is 3. The molecule has 33 heavy (non-hydrogen) atoms. The van der Waals surface area contributed by atoms with E-state index in [2.05, 4.69) is 10.4 Å². The number of nitrogens with two attached hydrogens (primary N) is 1. The number of carbonyl (C=O) groups is 3. The Labute approximate surface area is 192 Å². The molecule has 0 saturated heterocycles. The summed E-state index contributed by atoms with van der Waals surface area (Å²) >= 11 is 5.75. The van der Waals surface area contributed by atoms with Crippen molar-refractivity contribution in [1.82, 2.24) is 20.0 Å². The zero-order valence-corrected chi connectivity index (χ0v) is 18.1.